The molecule has 2 rings (SSSR count). The lowest BCUT2D eigenvalue weighted by Gasteiger charge is -2.20. The maximum Gasteiger partial charge on any atom is 0.407 e. The molecule has 0 aliphatic heterocycles. The highest BCUT2D eigenvalue weighted by atomic mass is 19.1. The van der Waals surface area contributed by atoms with E-state index < -0.39 is 23.5 Å². The number of carbonyl (C=O) groups excluding carboxylic acids is 2. The van der Waals surface area contributed by atoms with Crippen molar-refractivity contribution in [2.75, 3.05) is 14.2 Å². The van der Waals surface area contributed by atoms with Crippen LogP contribution in [0.2, 0.25) is 0 Å². The molecule has 2 aromatic rings. The monoisotopic (exact) mass is 389 g/mol. The van der Waals surface area contributed by atoms with Crippen LogP contribution in [0.15, 0.2) is 36.4 Å². The van der Waals surface area contributed by atoms with Crippen molar-refractivity contribution < 1.29 is 28.2 Å². The van der Waals surface area contributed by atoms with Crippen LogP contribution in [0.4, 0.5) is 9.18 Å². The van der Waals surface area contributed by atoms with Gasteiger partial charge < -0.3 is 19.5 Å². The molecule has 0 spiro atoms. The van der Waals surface area contributed by atoms with Crippen LogP contribution in [0.5, 0.6) is 5.75 Å². The number of esters is 1. The molecule has 2 aromatic carbocycles. The van der Waals surface area contributed by atoms with E-state index >= 15 is 0 Å². The van der Waals surface area contributed by atoms with E-state index in [0.717, 1.165) is 5.56 Å². The molecule has 7 heteroatoms. The normalized spacial score (nSPS) is 10.9. The van der Waals surface area contributed by atoms with Gasteiger partial charge in [-0.1, -0.05) is 12.1 Å². The number of amides is 1. The Morgan fingerprint density at radius 3 is 2.29 bits per heavy atom. The molecule has 0 bridgehead atoms. The van der Waals surface area contributed by atoms with Crippen molar-refractivity contribution >= 4 is 12.1 Å². The number of nitrogens with one attached hydrogen (secondary N) is 1. The average Bonchev–Trinajstić information content (AvgIpc) is 2.64. The number of methoxy groups -OCH3 is 2. The standard InChI is InChI=1S/C21H24FNO5/c1-21(2,3)28-20(25)23-12-15-10-13(7-9-18(15)26-4)14-6-8-17(22)16(11-14)19(24)27-5/h6-11H,12H2,1-5H3,(H,23,25). The summed E-state index contributed by atoms with van der Waals surface area (Å²) in [5.74, 6) is -0.828. The smallest absolute Gasteiger partial charge is 0.407 e. The third kappa shape index (κ3) is 5.45. The number of carbonyl (C=O) groups is 2. The molecule has 0 aliphatic rings. The van der Waals surface area contributed by atoms with Gasteiger partial charge >= 0.3 is 12.1 Å². The zero-order chi connectivity index (χ0) is 20.9. The van der Waals surface area contributed by atoms with Gasteiger partial charge in [-0.3, -0.25) is 0 Å². The van der Waals surface area contributed by atoms with E-state index in [1.54, 1.807) is 45.0 Å². The minimum absolute atomic E-state index is 0.149. The van der Waals surface area contributed by atoms with Crippen molar-refractivity contribution in [1.82, 2.24) is 5.32 Å². The number of rotatable bonds is 5. The van der Waals surface area contributed by atoms with Crippen LogP contribution in [0.3, 0.4) is 0 Å². The molecule has 0 atom stereocenters. The summed E-state index contributed by atoms with van der Waals surface area (Å²) in [6.45, 7) is 5.51. The van der Waals surface area contributed by atoms with Crippen molar-refractivity contribution in [3.05, 3.63) is 53.3 Å². The first kappa shape index (κ1) is 21.2. The molecule has 1 N–H and O–H groups in total. The zero-order valence-electron chi connectivity index (χ0n) is 16.6. The Morgan fingerprint density at radius 2 is 1.68 bits per heavy atom. The second-order valence-electron chi connectivity index (χ2n) is 7.07. The van der Waals surface area contributed by atoms with E-state index in [4.69, 9.17) is 9.47 Å². The third-order valence-electron chi connectivity index (χ3n) is 3.81. The van der Waals surface area contributed by atoms with Gasteiger partial charge in [0.1, 0.15) is 17.2 Å². The number of alkyl carbamates (subject to hydrolysis) is 1. The van der Waals surface area contributed by atoms with Gasteiger partial charge in [0.05, 0.1) is 19.8 Å². The van der Waals surface area contributed by atoms with E-state index in [-0.39, 0.29) is 12.1 Å². The minimum Gasteiger partial charge on any atom is -0.496 e. The Kier molecular flexibility index (Phi) is 6.62. The molecular formula is C21H24FNO5. The van der Waals surface area contributed by atoms with Crippen LogP contribution in [0.25, 0.3) is 11.1 Å². The van der Waals surface area contributed by atoms with Gasteiger partial charge in [0.2, 0.25) is 0 Å². The molecular weight excluding hydrogens is 365 g/mol. The summed E-state index contributed by atoms with van der Waals surface area (Å²) in [5.41, 5.74) is 1.31. The molecule has 0 heterocycles. The first-order valence-corrected chi connectivity index (χ1v) is 8.66. The SMILES string of the molecule is COC(=O)c1cc(-c2ccc(OC)c(CNC(=O)OC(C)(C)C)c2)ccc1F. The quantitative estimate of drug-likeness (QED) is 0.772. The lowest BCUT2D eigenvalue weighted by atomic mass is 10.00. The topological polar surface area (TPSA) is 73.9 Å². The first-order chi connectivity index (χ1) is 13.1. The predicted octanol–water partition coefficient (Wildman–Crippen LogP) is 4.31. The summed E-state index contributed by atoms with van der Waals surface area (Å²) < 4.78 is 29.1. The summed E-state index contributed by atoms with van der Waals surface area (Å²) in [6, 6.07) is 9.52. The van der Waals surface area contributed by atoms with Gasteiger partial charge in [-0.05, 0) is 56.2 Å². The summed E-state index contributed by atoms with van der Waals surface area (Å²) >= 11 is 0. The average molecular weight is 389 g/mol. The maximum atomic E-state index is 13.9. The number of hydrogen-bond donors (Lipinski definition) is 1. The van der Waals surface area contributed by atoms with Gasteiger partial charge in [0.25, 0.3) is 0 Å². The van der Waals surface area contributed by atoms with Crippen molar-refractivity contribution in [2.24, 2.45) is 0 Å². The van der Waals surface area contributed by atoms with E-state index in [1.807, 2.05) is 0 Å². The van der Waals surface area contributed by atoms with Crippen LogP contribution in [0, 0.1) is 5.82 Å². The number of ether oxygens (including phenoxy) is 3. The lowest BCUT2D eigenvalue weighted by Crippen LogP contribution is -2.32. The van der Waals surface area contributed by atoms with Gasteiger partial charge in [-0.15, -0.1) is 0 Å². The molecule has 0 unspecified atom stereocenters. The van der Waals surface area contributed by atoms with E-state index in [0.29, 0.717) is 16.9 Å². The van der Waals surface area contributed by atoms with Crippen molar-refractivity contribution in [1.29, 1.82) is 0 Å². The molecule has 1 amide bonds. The van der Waals surface area contributed by atoms with Crippen LogP contribution in [-0.2, 0) is 16.0 Å². The molecule has 0 saturated carbocycles. The van der Waals surface area contributed by atoms with Gasteiger partial charge in [0.15, 0.2) is 0 Å². The van der Waals surface area contributed by atoms with E-state index in [9.17, 15) is 14.0 Å². The molecule has 150 valence electrons. The van der Waals surface area contributed by atoms with Crippen molar-refractivity contribution in [2.45, 2.75) is 32.9 Å². The fraction of sp³-hybridized carbons (Fsp3) is 0.333. The fourth-order valence-electron chi connectivity index (χ4n) is 2.55. The van der Waals surface area contributed by atoms with E-state index in [1.165, 1.54) is 26.4 Å². The van der Waals surface area contributed by atoms with Gasteiger partial charge in [0, 0.05) is 12.1 Å². The number of hydrogen-bond acceptors (Lipinski definition) is 5. The second-order valence-corrected chi connectivity index (χ2v) is 7.07. The highest BCUT2D eigenvalue weighted by Crippen LogP contribution is 2.28. The Bertz CT molecular complexity index is 874. The highest BCUT2D eigenvalue weighted by Gasteiger charge is 2.17. The van der Waals surface area contributed by atoms with Crippen LogP contribution in [-0.4, -0.2) is 31.9 Å². The van der Waals surface area contributed by atoms with Crippen molar-refractivity contribution in [3.63, 3.8) is 0 Å². The van der Waals surface area contributed by atoms with Gasteiger partial charge in [-0.2, -0.15) is 0 Å². The fourth-order valence-corrected chi connectivity index (χ4v) is 2.55. The first-order valence-electron chi connectivity index (χ1n) is 8.66. The van der Waals surface area contributed by atoms with Crippen molar-refractivity contribution in [3.8, 4) is 16.9 Å². The van der Waals surface area contributed by atoms with Gasteiger partial charge in [-0.25, -0.2) is 14.0 Å². The summed E-state index contributed by atoms with van der Waals surface area (Å²) in [6.07, 6.45) is -0.547. The van der Waals surface area contributed by atoms with Crippen LogP contribution in [0.1, 0.15) is 36.7 Å². The zero-order valence-corrected chi connectivity index (χ0v) is 16.6. The molecule has 6 nitrogen and oxygen atoms in total. The summed E-state index contributed by atoms with van der Waals surface area (Å²) in [4.78, 5) is 23.6. The molecule has 0 saturated heterocycles. The Hall–Kier alpha value is -3.09. The molecule has 0 aliphatic carbocycles. The largest absolute Gasteiger partial charge is 0.496 e. The Labute approximate surface area is 163 Å². The summed E-state index contributed by atoms with van der Waals surface area (Å²) in [7, 11) is 2.72. The summed E-state index contributed by atoms with van der Waals surface area (Å²) in [5, 5.41) is 2.68. The van der Waals surface area contributed by atoms with E-state index in [2.05, 4.69) is 10.1 Å². The van der Waals surface area contributed by atoms with Crippen LogP contribution < -0.4 is 10.1 Å². The second kappa shape index (κ2) is 8.73. The lowest BCUT2D eigenvalue weighted by molar-refractivity contribution is 0.0522. The molecule has 0 fully saturated rings. The highest BCUT2D eigenvalue weighted by molar-refractivity contribution is 5.91. The molecule has 0 radical (unpaired) electrons. The molecule has 0 aromatic heterocycles. The third-order valence-corrected chi connectivity index (χ3v) is 3.81. The minimum atomic E-state index is -0.750. The Morgan fingerprint density at radius 1 is 1.04 bits per heavy atom. The maximum absolute atomic E-state index is 13.9. The van der Waals surface area contributed by atoms with Crippen LogP contribution >= 0.6 is 0 Å². The number of halogens is 1. The Balaban J connectivity index is 2.30. The molecule has 28 heavy (non-hydrogen) atoms. The number of benzene rings is 2. The predicted molar refractivity (Wildman–Crippen MR) is 103 cm³/mol.